The van der Waals surface area contributed by atoms with Gasteiger partial charge < -0.3 is 4.74 Å². The van der Waals surface area contributed by atoms with Crippen LogP contribution < -0.4 is 9.88 Å². The van der Waals surface area contributed by atoms with Crippen LogP contribution in [0.3, 0.4) is 0 Å². The van der Waals surface area contributed by atoms with E-state index >= 15 is 0 Å². The first-order valence-corrected chi connectivity index (χ1v) is 5.37. The topological polar surface area (TPSA) is 82.3 Å². The lowest BCUT2D eigenvalue weighted by atomic mass is 10.2. The van der Waals surface area contributed by atoms with Gasteiger partial charge in [-0.15, -0.1) is 0 Å². The normalized spacial score (nSPS) is 11.9. The Kier molecular flexibility index (Phi) is 3.38. The number of rotatable bonds is 3. The summed E-state index contributed by atoms with van der Waals surface area (Å²) in [6.45, 7) is 0. The van der Waals surface area contributed by atoms with Gasteiger partial charge in [0.05, 0.1) is 7.11 Å². The molecule has 1 rings (SSSR count). The zero-order valence-corrected chi connectivity index (χ0v) is 8.76. The van der Waals surface area contributed by atoms with Crippen molar-refractivity contribution in [2.45, 2.75) is 11.5 Å². The van der Waals surface area contributed by atoms with Crippen molar-refractivity contribution in [3.8, 4) is 5.88 Å². The summed E-state index contributed by atoms with van der Waals surface area (Å²) in [4.78, 5) is 3.19. The number of ether oxygens (including phenoxy) is 1. The molecule has 5 nitrogen and oxygen atoms in total. The van der Waals surface area contributed by atoms with Crippen LogP contribution in [0.5, 0.6) is 5.88 Å². The van der Waals surface area contributed by atoms with E-state index in [0.717, 1.165) is 7.11 Å². The minimum absolute atomic E-state index is 0.319. The molecule has 0 aliphatic carbocycles. The minimum Gasteiger partial charge on any atom is -0.481 e. The van der Waals surface area contributed by atoms with E-state index in [-0.39, 0.29) is 0 Å². The van der Waals surface area contributed by atoms with E-state index < -0.39 is 38.7 Å². The van der Waals surface area contributed by atoms with Crippen molar-refractivity contribution in [2.24, 2.45) is 5.14 Å². The summed E-state index contributed by atoms with van der Waals surface area (Å²) < 4.78 is 63.9. The summed E-state index contributed by atoms with van der Waals surface area (Å²) >= 11 is 0. The lowest BCUT2D eigenvalue weighted by molar-refractivity contribution is 0.140. The number of aromatic nitrogens is 1. The van der Waals surface area contributed by atoms with Gasteiger partial charge >= 0.3 is 0 Å². The van der Waals surface area contributed by atoms with Gasteiger partial charge in [-0.2, -0.15) is 4.98 Å². The molecular weight excluding hydrogens is 249 g/mol. The lowest BCUT2D eigenvalue weighted by Crippen LogP contribution is -2.15. The Morgan fingerprint density at radius 3 is 2.44 bits per heavy atom. The Balaban J connectivity index is 3.50. The highest BCUT2D eigenvalue weighted by molar-refractivity contribution is 7.89. The van der Waals surface area contributed by atoms with Gasteiger partial charge in [-0.05, 0) is 0 Å². The molecular formula is C7H7F3N2O3S. The fourth-order valence-electron chi connectivity index (χ4n) is 0.980. The van der Waals surface area contributed by atoms with Gasteiger partial charge in [0.1, 0.15) is 11.4 Å². The van der Waals surface area contributed by atoms with Crippen molar-refractivity contribution < 1.29 is 26.3 Å². The van der Waals surface area contributed by atoms with Gasteiger partial charge in [0.15, 0.2) is 5.03 Å². The molecule has 0 saturated carbocycles. The third kappa shape index (κ3) is 2.42. The van der Waals surface area contributed by atoms with Crippen molar-refractivity contribution >= 4 is 10.0 Å². The van der Waals surface area contributed by atoms with Crippen LogP contribution in [0.25, 0.3) is 0 Å². The molecule has 0 atom stereocenters. The SMILES string of the molecule is COc1nc(S(N)(=O)=O)cc(F)c1C(F)F. The predicted molar refractivity (Wildman–Crippen MR) is 47.1 cm³/mol. The van der Waals surface area contributed by atoms with E-state index in [1.165, 1.54) is 0 Å². The average molecular weight is 256 g/mol. The highest BCUT2D eigenvalue weighted by Crippen LogP contribution is 2.30. The van der Waals surface area contributed by atoms with Crippen molar-refractivity contribution in [2.75, 3.05) is 7.11 Å². The molecule has 1 aromatic heterocycles. The molecule has 9 heteroatoms. The van der Waals surface area contributed by atoms with E-state index in [1.807, 2.05) is 0 Å². The smallest absolute Gasteiger partial charge is 0.271 e. The molecule has 0 radical (unpaired) electrons. The molecule has 1 aromatic rings. The van der Waals surface area contributed by atoms with E-state index in [0.29, 0.717) is 6.07 Å². The first-order valence-electron chi connectivity index (χ1n) is 3.82. The maximum atomic E-state index is 13.2. The number of nitrogens with zero attached hydrogens (tertiary/aromatic N) is 1. The number of halogens is 3. The van der Waals surface area contributed by atoms with Crippen molar-refractivity contribution in [3.63, 3.8) is 0 Å². The zero-order chi connectivity index (χ0) is 12.5. The van der Waals surface area contributed by atoms with Crippen molar-refractivity contribution in [1.82, 2.24) is 4.98 Å². The molecule has 1 heterocycles. The van der Waals surface area contributed by atoms with E-state index in [2.05, 4.69) is 14.9 Å². The molecule has 16 heavy (non-hydrogen) atoms. The number of methoxy groups -OCH3 is 1. The van der Waals surface area contributed by atoms with Gasteiger partial charge in [0.2, 0.25) is 5.88 Å². The lowest BCUT2D eigenvalue weighted by Gasteiger charge is -2.09. The Morgan fingerprint density at radius 2 is 2.06 bits per heavy atom. The largest absolute Gasteiger partial charge is 0.481 e. The summed E-state index contributed by atoms with van der Waals surface area (Å²) in [5.41, 5.74) is -1.10. The molecule has 0 spiro atoms. The number of nitrogens with two attached hydrogens (primary N) is 1. The van der Waals surface area contributed by atoms with E-state index in [9.17, 15) is 21.6 Å². The fourth-order valence-corrected chi connectivity index (χ4v) is 1.46. The number of primary sulfonamides is 1. The summed E-state index contributed by atoms with van der Waals surface area (Å²) in [6, 6.07) is 0.319. The van der Waals surface area contributed by atoms with Crippen LogP contribution in [0.4, 0.5) is 13.2 Å². The fraction of sp³-hybridized carbons (Fsp3) is 0.286. The monoisotopic (exact) mass is 256 g/mol. The molecule has 0 unspecified atom stereocenters. The summed E-state index contributed by atoms with van der Waals surface area (Å²) in [5.74, 6) is -2.25. The third-order valence-electron chi connectivity index (χ3n) is 1.65. The zero-order valence-electron chi connectivity index (χ0n) is 7.95. The molecule has 0 amide bonds. The number of pyridine rings is 1. The molecule has 2 N–H and O–H groups in total. The van der Waals surface area contributed by atoms with Crippen molar-refractivity contribution in [1.29, 1.82) is 0 Å². The standard InChI is InChI=1S/C7H7F3N2O3S/c1-15-7-5(6(9)10)3(8)2-4(12-7)16(11,13)14/h2,6H,1H3,(H2,11,13,14). The van der Waals surface area contributed by atoms with Crippen LogP contribution in [0.15, 0.2) is 11.1 Å². The highest BCUT2D eigenvalue weighted by Gasteiger charge is 2.24. The second-order valence-corrected chi connectivity index (χ2v) is 4.22. The summed E-state index contributed by atoms with van der Waals surface area (Å²) in [7, 11) is -3.32. The van der Waals surface area contributed by atoms with Crippen LogP contribution >= 0.6 is 0 Å². The van der Waals surface area contributed by atoms with Crippen LogP contribution in [0, 0.1) is 5.82 Å². The molecule has 90 valence electrons. The van der Waals surface area contributed by atoms with Gasteiger partial charge in [-0.3, -0.25) is 0 Å². The molecule has 0 aliphatic rings. The van der Waals surface area contributed by atoms with E-state index in [1.54, 1.807) is 0 Å². The average Bonchev–Trinajstić information content (AvgIpc) is 2.14. The first kappa shape index (κ1) is 12.7. The van der Waals surface area contributed by atoms with Crippen LogP contribution in [-0.4, -0.2) is 20.5 Å². The molecule has 0 saturated heterocycles. The van der Waals surface area contributed by atoms with Crippen LogP contribution in [-0.2, 0) is 10.0 Å². The molecule has 0 aromatic carbocycles. The molecule has 0 fully saturated rings. The molecule has 0 bridgehead atoms. The Morgan fingerprint density at radius 1 is 1.50 bits per heavy atom. The number of hydrogen-bond acceptors (Lipinski definition) is 4. The number of alkyl halides is 2. The Bertz CT molecular complexity index is 504. The second kappa shape index (κ2) is 4.26. The van der Waals surface area contributed by atoms with Gasteiger partial charge in [-0.25, -0.2) is 26.7 Å². The number of sulfonamides is 1. The number of hydrogen-bond donors (Lipinski definition) is 1. The highest BCUT2D eigenvalue weighted by atomic mass is 32.2. The van der Waals surface area contributed by atoms with Gasteiger partial charge in [0.25, 0.3) is 16.4 Å². The quantitative estimate of drug-likeness (QED) is 0.867. The van der Waals surface area contributed by atoms with Crippen LogP contribution in [0.1, 0.15) is 12.0 Å². The second-order valence-electron chi connectivity index (χ2n) is 2.71. The van der Waals surface area contributed by atoms with Crippen LogP contribution in [0.2, 0.25) is 0 Å². The predicted octanol–water partition coefficient (Wildman–Crippen LogP) is 0.814. The summed E-state index contributed by atoms with van der Waals surface area (Å²) in [5, 5.41) is 3.81. The maximum Gasteiger partial charge on any atom is 0.271 e. The van der Waals surface area contributed by atoms with Crippen molar-refractivity contribution in [3.05, 3.63) is 17.4 Å². The van der Waals surface area contributed by atoms with Gasteiger partial charge in [0, 0.05) is 6.07 Å². The van der Waals surface area contributed by atoms with E-state index in [4.69, 9.17) is 0 Å². The van der Waals surface area contributed by atoms with Gasteiger partial charge in [-0.1, -0.05) is 0 Å². The first-order chi connectivity index (χ1) is 7.27. The third-order valence-corrected chi connectivity index (χ3v) is 2.44. The molecule has 0 aliphatic heterocycles. The minimum atomic E-state index is -4.28. The Labute approximate surface area is 89.1 Å². The summed E-state index contributed by atoms with van der Waals surface area (Å²) in [6.07, 6.45) is -3.17. The Hall–Kier alpha value is -1.35. The maximum absolute atomic E-state index is 13.2.